The Kier molecular flexibility index (Phi) is 6.04. The topological polar surface area (TPSA) is 0 Å². The van der Waals surface area contributed by atoms with Crippen LogP contribution in [0.3, 0.4) is 0 Å². The van der Waals surface area contributed by atoms with Gasteiger partial charge < -0.3 is 0 Å². The molecule has 0 saturated carbocycles. The number of benzene rings is 2. The lowest BCUT2D eigenvalue weighted by molar-refractivity contribution is 1.48. The van der Waals surface area contributed by atoms with E-state index in [0.717, 1.165) is 17.5 Å². The molecule has 0 atom stereocenters. The van der Waals surface area contributed by atoms with E-state index in [1.54, 1.807) is 0 Å². The van der Waals surface area contributed by atoms with E-state index in [0.29, 0.717) is 0 Å². The molecule has 0 unspecified atom stereocenters. The van der Waals surface area contributed by atoms with Crippen LogP contribution in [0.4, 0.5) is 0 Å². The van der Waals surface area contributed by atoms with Gasteiger partial charge in [0.05, 0.1) is 0 Å². The van der Waals surface area contributed by atoms with Gasteiger partial charge in [-0.2, -0.15) is 0 Å². The molecular weight excluding hydrogens is 292 g/mol. The van der Waals surface area contributed by atoms with Gasteiger partial charge >= 0.3 is 0 Å². The van der Waals surface area contributed by atoms with E-state index < -0.39 is 8.07 Å². The van der Waals surface area contributed by atoms with Gasteiger partial charge in [0.2, 0.25) is 0 Å². The van der Waals surface area contributed by atoms with Gasteiger partial charge in [0, 0.05) is 17.5 Å². The van der Waals surface area contributed by atoms with Gasteiger partial charge in [-0.15, -0.1) is 5.54 Å². The highest BCUT2D eigenvalue weighted by Gasteiger charge is 2.07. The quantitative estimate of drug-likeness (QED) is 0.516. The molecule has 0 aromatic heterocycles. The lowest BCUT2D eigenvalue weighted by atomic mass is 10.1. The molecule has 0 amide bonds. The maximum Gasteiger partial charge on any atom is 0.129 e. The summed E-state index contributed by atoms with van der Waals surface area (Å²) >= 11 is 0. The van der Waals surface area contributed by atoms with E-state index in [4.69, 9.17) is 0 Å². The first-order valence-corrected chi connectivity index (χ1v) is 11.4. The Hall–Kier alpha value is -2.48. The molecule has 1 heteroatoms. The summed E-state index contributed by atoms with van der Waals surface area (Å²) in [6.45, 7) is 6.77. The van der Waals surface area contributed by atoms with Crippen LogP contribution in [0.1, 0.15) is 23.1 Å². The second-order valence-electron chi connectivity index (χ2n) is 6.40. The minimum Gasteiger partial charge on any atom is -0.127 e. The fraction of sp³-hybridized carbons (Fsp3) is 0.182. The highest BCUT2D eigenvalue weighted by molar-refractivity contribution is 6.83. The van der Waals surface area contributed by atoms with Gasteiger partial charge in [-0.25, -0.2) is 0 Å². The zero-order valence-electron chi connectivity index (χ0n) is 14.1. The van der Waals surface area contributed by atoms with Crippen molar-refractivity contribution in [1.29, 1.82) is 0 Å². The van der Waals surface area contributed by atoms with Gasteiger partial charge in [0.25, 0.3) is 0 Å². The molecule has 0 N–H and O–H groups in total. The SMILES string of the molecule is C[Si](C)(C)C#Cc1ccc(C=CCC#Cc2ccccc2)cc1. The van der Waals surface area contributed by atoms with Gasteiger partial charge in [-0.3, -0.25) is 0 Å². The molecule has 0 bridgehead atoms. The minimum absolute atomic E-state index is 0.756. The van der Waals surface area contributed by atoms with E-state index in [1.807, 2.05) is 30.3 Å². The van der Waals surface area contributed by atoms with Crippen LogP contribution in [0.2, 0.25) is 19.6 Å². The largest absolute Gasteiger partial charge is 0.129 e. The van der Waals surface area contributed by atoms with Crippen molar-refractivity contribution in [1.82, 2.24) is 0 Å². The standard InChI is InChI=1S/C22H22Si/c1-23(2,3)19-18-22-16-14-21(15-17-22)13-9-5-8-12-20-10-6-4-7-11-20/h4,6-7,9-11,13-17H,5H2,1-3H3. The fourth-order valence-electron chi connectivity index (χ4n) is 1.87. The lowest BCUT2D eigenvalue weighted by Crippen LogP contribution is -2.16. The molecule has 2 rings (SSSR count). The van der Waals surface area contributed by atoms with Gasteiger partial charge in [0.15, 0.2) is 0 Å². The second kappa shape index (κ2) is 8.23. The predicted molar refractivity (Wildman–Crippen MR) is 104 cm³/mol. The first-order chi connectivity index (χ1) is 11.0. The van der Waals surface area contributed by atoms with Crippen molar-refractivity contribution < 1.29 is 0 Å². The molecule has 0 aliphatic rings. The van der Waals surface area contributed by atoms with Crippen molar-refractivity contribution in [2.24, 2.45) is 0 Å². The Labute approximate surface area is 141 Å². The number of rotatable bonds is 2. The van der Waals surface area contributed by atoms with E-state index in [9.17, 15) is 0 Å². The normalized spacial score (nSPS) is 10.6. The minimum atomic E-state index is -1.30. The van der Waals surface area contributed by atoms with Gasteiger partial charge in [-0.1, -0.05) is 79.9 Å². The monoisotopic (exact) mass is 314 g/mol. The zero-order chi connectivity index (χ0) is 16.5. The summed E-state index contributed by atoms with van der Waals surface area (Å²) in [6, 6.07) is 18.4. The molecule has 0 saturated heterocycles. The average molecular weight is 315 g/mol. The Balaban J connectivity index is 1.91. The lowest BCUT2D eigenvalue weighted by Gasteiger charge is -2.03. The summed E-state index contributed by atoms with van der Waals surface area (Å²) in [6.07, 6.45) is 4.96. The molecule has 0 aliphatic heterocycles. The Morgan fingerprint density at radius 3 is 2.13 bits per heavy atom. The molecule has 2 aromatic carbocycles. The molecule has 0 aliphatic carbocycles. The van der Waals surface area contributed by atoms with Crippen LogP contribution in [0, 0.1) is 23.3 Å². The Morgan fingerprint density at radius 1 is 0.826 bits per heavy atom. The van der Waals surface area contributed by atoms with Crippen molar-refractivity contribution in [2.75, 3.05) is 0 Å². The first-order valence-electron chi connectivity index (χ1n) is 7.87. The third-order valence-corrected chi connectivity index (χ3v) is 3.90. The molecule has 23 heavy (non-hydrogen) atoms. The third-order valence-electron chi connectivity index (χ3n) is 3.03. The molecular formula is C22H22Si. The molecule has 0 radical (unpaired) electrons. The van der Waals surface area contributed by atoms with Crippen molar-refractivity contribution in [3.63, 3.8) is 0 Å². The first kappa shape index (κ1) is 16.9. The summed E-state index contributed by atoms with van der Waals surface area (Å²) in [7, 11) is -1.30. The summed E-state index contributed by atoms with van der Waals surface area (Å²) in [5, 5.41) is 0. The fourth-order valence-corrected chi connectivity index (χ4v) is 2.39. The van der Waals surface area contributed by atoms with E-state index in [-0.39, 0.29) is 0 Å². The van der Waals surface area contributed by atoms with Crippen LogP contribution in [0.15, 0.2) is 60.7 Å². The van der Waals surface area contributed by atoms with Crippen LogP contribution in [-0.2, 0) is 0 Å². The molecule has 0 nitrogen and oxygen atoms in total. The molecule has 114 valence electrons. The highest BCUT2D eigenvalue weighted by Crippen LogP contribution is 2.07. The Morgan fingerprint density at radius 2 is 1.48 bits per heavy atom. The van der Waals surface area contributed by atoms with Crippen LogP contribution in [-0.4, -0.2) is 8.07 Å². The summed E-state index contributed by atoms with van der Waals surface area (Å²) < 4.78 is 0. The molecule has 0 fully saturated rings. The number of hydrogen-bond acceptors (Lipinski definition) is 0. The maximum absolute atomic E-state index is 3.39. The van der Waals surface area contributed by atoms with Crippen molar-refractivity contribution >= 4 is 14.1 Å². The van der Waals surface area contributed by atoms with Crippen LogP contribution >= 0.6 is 0 Å². The number of allylic oxidation sites excluding steroid dienone is 1. The van der Waals surface area contributed by atoms with E-state index in [1.165, 1.54) is 5.56 Å². The second-order valence-corrected chi connectivity index (χ2v) is 11.1. The summed E-state index contributed by atoms with van der Waals surface area (Å²) in [5.41, 5.74) is 6.72. The summed E-state index contributed by atoms with van der Waals surface area (Å²) in [4.78, 5) is 0. The van der Waals surface area contributed by atoms with E-state index >= 15 is 0 Å². The van der Waals surface area contributed by atoms with Crippen molar-refractivity contribution in [2.45, 2.75) is 26.1 Å². The highest BCUT2D eigenvalue weighted by atomic mass is 28.3. The summed E-state index contributed by atoms with van der Waals surface area (Å²) in [5.74, 6) is 9.59. The third kappa shape index (κ3) is 6.87. The average Bonchev–Trinajstić information content (AvgIpc) is 2.54. The van der Waals surface area contributed by atoms with Gasteiger partial charge in [0.1, 0.15) is 8.07 Å². The van der Waals surface area contributed by atoms with Gasteiger partial charge in [-0.05, 0) is 29.8 Å². The van der Waals surface area contributed by atoms with Crippen LogP contribution < -0.4 is 0 Å². The van der Waals surface area contributed by atoms with Crippen molar-refractivity contribution in [3.05, 3.63) is 77.4 Å². The molecule has 0 heterocycles. The Bertz CT molecular complexity index is 768. The predicted octanol–water partition coefficient (Wildman–Crippen LogP) is 5.37. The van der Waals surface area contributed by atoms with Crippen molar-refractivity contribution in [3.8, 4) is 23.3 Å². The van der Waals surface area contributed by atoms with E-state index in [2.05, 4.69) is 79.4 Å². The number of hydrogen-bond donors (Lipinski definition) is 0. The van der Waals surface area contributed by atoms with Crippen LogP contribution in [0.25, 0.3) is 6.08 Å². The van der Waals surface area contributed by atoms with Crippen LogP contribution in [0.5, 0.6) is 0 Å². The molecule has 0 spiro atoms. The smallest absolute Gasteiger partial charge is 0.127 e. The zero-order valence-corrected chi connectivity index (χ0v) is 15.1. The molecule has 2 aromatic rings. The maximum atomic E-state index is 3.39.